The average molecular weight is 221 g/mol. The number of hydrogen-bond acceptors (Lipinski definition) is 2. The van der Waals surface area contributed by atoms with Crippen molar-refractivity contribution in [2.75, 3.05) is 0 Å². The van der Waals surface area contributed by atoms with Gasteiger partial charge in [-0.05, 0) is 28.9 Å². The summed E-state index contributed by atoms with van der Waals surface area (Å²) >= 11 is 2.88. The van der Waals surface area contributed by atoms with Crippen molar-refractivity contribution in [3.63, 3.8) is 0 Å². The van der Waals surface area contributed by atoms with E-state index in [9.17, 15) is 4.39 Å². The normalized spacial score (nSPS) is 10.1. The van der Waals surface area contributed by atoms with Crippen LogP contribution in [0.1, 0.15) is 5.56 Å². The summed E-state index contributed by atoms with van der Waals surface area (Å²) in [6.45, 7) is 1.39. The lowest BCUT2D eigenvalue weighted by atomic mass is 10.2. The van der Waals surface area contributed by atoms with Crippen molar-refractivity contribution in [3.05, 3.63) is 21.9 Å². The second-order valence-corrected chi connectivity index (χ2v) is 3.02. The molecule has 11 heavy (non-hydrogen) atoms. The smallest absolute Gasteiger partial charge is 0.172 e. The number of rotatable bonds is 0. The molecule has 2 nitrogen and oxygen atoms in total. The SMILES string of the molecule is Cc1c(F)cc(Br)c(O)c1O. The Bertz CT molecular complexity index is 273. The second kappa shape index (κ2) is 2.70. The van der Waals surface area contributed by atoms with E-state index in [2.05, 4.69) is 15.9 Å². The van der Waals surface area contributed by atoms with E-state index in [1.807, 2.05) is 0 Å². The van der Waals surface area contributed by atoms with Crippen LogP contribution in [0.25, 0.3) is 0 Å². The summed E-state index contributed by atoms with van der Waals surface area (Å²) in [5.74, 6) is -1.30. The van der Waals surface area contributed by atoms with Crippen LogP contribution in [-0.2, 0) is 0 Å². The minimum atomic E-state index is -0.549. The van der Waals surface area contributed by atoms with Crippen LogP contribution in [-0.4, -0.2) is 10.2 Å². The Balaban J connectivity index is 3.46. The third-order valence-corrected chi connectivity index (χ3v) is 2.02. The van der Waals surface area contributed by atoms with Crippen LogP contribution in [0.5, 0.6) is 11.5 Å². The molecule has 0 aliphatic carbocycles. The van der Waals surface area contributed by atoms with Gasteiger partial charge in [-0.1, -0.05) is 0 Å². The average Bonchev–Trinajstić information content (AvgIpc) is 1.97. The molecule has 0 aliphatic heterocycles. The van der Waals surface area contributed by atoms with E-state index >= 15 is 0 Å². The quantitative estimate of drug-likeness (QED) is 0.660. The lowest BCUT2D eigenvalue weighted by molar-refractivity contribution is 0.394. The number of halogens is 2. The van der Waals surface area contributed by atoms with Crippen LogP contribution in [0.4, 0.5) is 4.39 Å². The molecular weight excluding hydrogens is 215 g/mol. The molecule has 1 aromatic rings. The van der Waals surface area contributed by atoms with Gasteiger partial charge in [0.1, 0.15) is 5.82 Å². The molecule has 0 fully saturated rings. The van der Waals surface area contributed by atoms with Gasteiger partial charge >= 0.3 is 0 Å². The molecule has 0 bridgehead atoms. The van der Waals surface area contributed by atoms with Crippen LogP contribution < -0.4 is 0 Å². The zero-order valence-corrected chi connectivity index (χ0v) is 7.31. The third-order valence-electron chi connectivity index (χ3n) is 1.42. The van der Waals surface area contributed by atoms with Crippen molar-refractivity contribution in [1.29, 1.82) is 0 Å². The number of phenolic OH excluding ortho intramolecular Hbond substituents is 2. The van der Waals surface area contributed by atoms with Gasteiger partial charge in [0.2, 0.25) is 0 Å². The summed E-state index contributed by atoms with van der Waals surface area (Å²) in [6, 6.07) is 1.10. The van der Waals surface area contributed by atoms with Gasteiger partial charge in [-0.3, -0.25) is 0 Å². The molecule has 0 atom stereocenters. The maximum Gasteiger partial charge on any atom is 0.172 e. The highest BCUT2D eigenvalue weighted by Crippen LogP contribution is 2.36. The van der Waals surface area contributed by atoms with Gasteiger partial charge in [-0.15, -0.1) is 0 Å². The highest BCUT2D eigenvalue weighted by Gasteiger charge is 2.11. The molecule has 0 amide bonds. The Morgan fingerprint density at radius 3 is 2.45 bits per heavy atom. The lowest BCUT2D eigenvalue weighted by Gasteiger charge is -2.03. The van der Waals surface area contributed by atoms with Gasteiger partial charge in [-0.25, -0.2) is 4.39 Å². The molecule has 1 rings (SSSR count). The minimum absolute atomic E-state index is 0.0469. The molecule has 0 radical (unpaired) electrons. The lowest BCUT2D eigenvalue weighted by Crippen LogP contribution is -1.84. The van der Waals surface area contributed by atoms with Crippen molar-refractivity contribution in [3.8, 4) is 11.5 Å². The standard InChI is InChI=1S/C7H6BrFO2/c1-3-5(9)2-4(8)7(11)6(3)10/h2,10-11H,1H3. The summed E-state index contributed by atoms with van der Waals surface area (Å²) in [5, 5.41) is 18.1. The van der Waals surface area contributed by atoms with Crippen molar-refractivity contribution in [2.24, 2.45) is 0 Å². The predicted octanol–water partition coefficient (Wildman–Crippen LogP) is 2.31. The maximum absolute atomic E-state index is 12.7. The Kier molecular flexibility index (Phi) is 2.04. The third kappa shape index (κ3) is 1.30. The molecule has 2 N–H and O–H groups in total. The van der Waals surface area contributed by atoms with Gasteiger partial charge in [0.05, 0.1) is 4.47 Å². The fourth-order valence-electron chi connectivity index (χ4n) is 0.692. The molecule has 4 heteroatoms. The first-order valence-corrected chi connectivity index (χ1v) is 3.70. The maximum atomic E-state index is 12.7. The van der Waals surface area contributed by atoms with E-state index in [1.165, 1.54) is 6.92 Å². The van der Waals surface area contributed by atoms with Crippen LogP contribution >= 0.6 is 15.9 Å². The summed E-state index contributed by atoms with van der Waals surface area (Å²) in [7, 11) is 0. The first-order chi connectivity index (χ1) is 5.04. The van der Waals surface area contributed by atoms with E-state index < -0.39 is 11.6 Å². The van der Waals surface area contributed by atoms with Crippen molar-refractivity contribution in [1.82, 2.24) is 0 Å². The molecule has 1 aromatic carbocycles. The molecule has 0 aromatic heterocycles. The molecule has 0 spiro atoms. The first-order valence-electron chi connectivity index (χ1n) is 2.90. The highest BCUT2D eigenvalue weighted by molar-refractivity contribution is 9.10. The van der Waals surface area contributed by atoms with Crippen LogP contribution in [0.2, 0.25) is 0 Å². The fraction of sp³-hybridized carbons (Fsp3) is 0.143. The highest BCUT2D eigenvalue weighted by atomic mass is 79.9. The van der Waals surface area contributed by atoms with Gasteiger partial charge in [0.15, 0.2) is 11.5 Å². The Labute approximate surface area is 71.4 Å². The van der Waals surface area contributed by atoms with E-state index in [-0.39, 0.29) is 15.8 Å². The zero-order valence-electron chi connectivity index (χ0n) is 5.73. The number of phenols is 2. The van der Waals surface area contributed by atoms with Crippen LogP contribution in [0.15, 0.2) is 10.5 Å². The van der Waals surface area contributed by atoms with Gasteiger partial charge in [0, 0.05) is 5.56 Å². The Morgan fingerprint density at radius 2 is 1.91 bits per heavy atom. The zero-order chi connectivity index (χ0) is 8.59. The Hall–Kier alpha value is -0.770. The number of hydrogen-bond donors (Lipinski definition) is 2. The second-order valence-electron chi connectivity index (χ2n) is 2.16. The topological polar surface area (TPSA) is 40.5 Å². The van der Waals surface area contributed by atoms with Crippen LogP contribution in [0, 0.1) is 12.7 Å². The molecule has 0 unspecified atom stereocenters. The van der Waals surface area contributed by atoms with Gasteiger partial charge in [0.25, 0.3) is 0 Å². The Morgan fingerprint density at radius 1 is 1.36 bits per heavy atom. The number of aromatic hydroxyl groups is 2. The van der Waals surface area contributed by atoms with E-state index in [1.54, 1.807) is 0 Å². The fourth-order valence-corrected chi connectivity index (χ4v) is 1.08. The largest absolute Gasteiger partial charge is 0.504 e. The van der Waals surface area contributed by atoms with E-state index in [0.717, 1.165) is 6.07 Å². The van der Waals surface area contributed by atoms with Gasteiger partial charge in [-0.2, -0.15) is 0 Å². The predicted molar refractivity (Wildman–Crippen MR) is 42.2 cm³/mol. The summed E-state index contributed by atoms with van der Waals surface area (Å²) < 4.78 is 12.9. The monoisotopic (exact) mass is 220 g/mol. The summed E-state index contributed by atoms with van der Waals surface area (Å²) in [6.07, 6.45) is 0. The van der Waals surface area contributed by atoms with Crippen LogP contribution in [0.3, 0.4) is 0 Å². The summed E-state index contributed by atoms with van der Waals surface area (Å²) in [5.41, 5.74) is 0.0469. The molecule has 60 valence electrons. The van der Waals surface area contributed by atoms with Crippen molar-refractivity contribution in [2.45, 2.75) is 6.92 Å². The van der Waals surface area contributed by atoms with Gasteiger partial charge < -0.3 is 10.2 Å². The molecule has 0 saturated carbocycles. The van der Waals surface area contributed by atoms with E-state index in [4.69, 9.17) is 10.2 Å². The van der Waals surface area contributed by atoms with Crippen molar-refractivity contribution >= 4 is 15.9 Å². The minimum Gasteiger partial charge on any atom is -0.504 e. The van der Waals surface area contributed by atoms with Crippen molar-refractivity contribution < 1.29 is 14.6 Å². The molecule has 0 saturated heterocycles. The molecule has 0 aliphatic rings. The molecule has 0 heterocycles. The molecular formula is C7H6BrFO2. The van der Waals surface area contributed by atoms with E-state index in [0.29, 0.717) is 0 Å². The number of benzene rings is 1. The summed E-state index contributed by atoms with van der Waals surface area (Å²) in [4.78, 5) is 0. The first kappa shape index (κ1) is 8.33.